The number of hydrogen-bond acceptors (Lipinski definition) is 5. The Morgan fingerprint density at radius 2 is 2.08 bits per heavy atom. The van der Waals surface area contributed by atoms with Crippen LogP contribution in [-0.2, 0) is 20.9 Å². The molecule has 0 aliphatic rings. The Bertz CT molecular complexity index is 762. The molecular weight excluding hydrogens is 312 g/mol. The summed E-state index contributed by atoms with van der Waals surface area (Å²) in [6.07, 6.45) is 1.83. The summed E-state index contributed by atoms with van der Waals surface area (Å²) >= 11 is 0. The zero-order valence-corrected chi connectivity index (χ0v) is 13.9. The van der Waals surface area contributed by atoms with E-state index < -0.39 is 11.7 Å². The van der Waals surface area contributed by atoms with Crippen molar-refractivity contribution in [2.45, 2.75) is 45.7 Å². The van der Waals surface area contributed by atoms with Crippen molar-refractivity contribution in [2.24, 2.45) is 0 Å². The zero-order chi connectivity index (χ0) is 17.5. The van der Waals surface area contributed by atoms with Crippen LogP contribution in [0.1, 0.15) is 33.1 Å². The lowest BCUT2D eigenvalue weighted by atomic mass is 10.2. The average Bonchev–Trinajstić information content (AvgIpc) is 2.86. The first-order chi connectivity index (χ1) is 11.5. The van der Waals surface area contributed by atoms with Gasteiger partial charge in [-0.05, 0) is 25.5 Å². The largest absolute Gasteiger partial charge is 0.456 e. The second kappa shape index (κ2) is 8.33. The number of oxazole rings is 1. The summed E-state index contributed by atoms with van der Waals surface area (Å²) in [5, 5.41) is 2.75. The highest BCUT2D eigenvalue weighted by Gasteiger charge is 2.13. The summed E-state index contributed by atoms with van der Waals surface area (Å²) < 4.78 is 11.4. The molecule has 1 aromatic carbocycles. The van der Waals surface area contributed by atoms with Crippen LogP contribution in [0.5, 0.6) is 0 Å². The van der Waals surface area contributed by atoms with Gasteiger partial charge in [-0.1, -0.05) is 25.5 Å². The monoisotopic (exact) mass is 334 g/mol. The maximum Gasteiger partial charge on any atom is 0.419 e. The van der Waals surface area contributed by atoms with E-state index in [0.717, 1.165) is 12.8 Å². The molecule has 24 heavy (non-hydrogen) atoms. The number of ether oxygens (including phenoxy) is 1. The maximum atomic E-state index is 11.8. The van der Waals surface area contributed by atoms with E-state index in [1.54, 1.807) is 24.3 Å². The van der Waals surface area contributed by atoms with Gasteiger partial charge in [-0.2, -0.15) is 0 Å². The third-order valence-corrected chi connectivity index (χ3v) is 3.61. The molecule has 0 spiro atoms. The van der Waals surface area contributed by atoms with Gasteiger partial charge in [-0.15, -0.1) is 0 Å². The van der Waals surface area contributed by atoms with Crippen molar-refractivity contribution in [3.63, 3.8) is 0 Å². The van der Waals surface area contributed by atoms with Crippen LogP contribution in [0.15, 0.2) is 33.5 Å². The van der Waals surface area contributed by atoms with Crippen molar-refractivity contribution in [1.29, 1.82) is 0 Å². The molecule has 2 rings (SSSR count). The van der Waals surface area contributed by atoms with Crippen molar-refractivity contribution in [1.82, 2.24) is 9.88 Å². The SMILES string of the molecule is CCC[C@H](C)NC(=O)COC(=O)CCn1c(=O)oc2ccccc21. The summed E-state index contributed by atoms with van der Waals surface area (Å²) in [6, 6.07) is 7.04. The molecule has 0 radical (unpaired) electrons. The molecule has 0 unspecified atom stereocenters. The van der Waals surface area contributed by atoms with E-state index in [1.165, 1.54) is 4.57 Å². The molecule has 1 amide bonds. The minimum absolute atomic E-state index is 0.0127. The quantitative estimate of drug-likeness (QED) is 0.744. The molecule has 1 N–H and O–H groups in total. The Morgan fingerprint density at radius 3 is 2.83 bits per heavy atom. The van der Waals surface area contributed by atoms with Crippen molar-refractivity contribution in [3.05, 3.63) is 34.8 Å². The van der Waals surface area contributed by atoms with E-state index in [2.05, 4.69) is 5.32 Å². The number of esters is 1. The van der Waals surface area contributed by atoms with Gasteiger partial charge in [0.2, 0.25) is 0 Å². The molecule has 0 saturated heterocycles. The van der Waals surface area contributed by atoms with E-state index in [9.17, 15) is 14.4 Å². The predicted octanol–water partition coefficient (Wildman–Crippen LogP) is 1.83. The minimum atomic E-state index is -0.537. The fourth-order valence-corrected chi connectivity index (χ4v) is 2.47. The first kappa shape index (κ1) is 17.8. The molecule has 0 fully saturated rings. The van der Waals surface area contributed by atoms with Gasteiger partial charge >= 0.3 is 11.7 Å². The number of fused-ring (bicyclic) bond motifs is 1. The molecule has 2 aromatic rings. The lowest BCUT2D eigenvalue weighted by Gasteiger charge is -2.12. The lowest BCUT2D eigenvalue weighted by molar-refractivity contribution is -0.148. The second-order valence-electron chi connectivity index (χ2n) is 5.66. The summed E-state index contributed by atoms with van der Waals surface area (Å²) in [5.74, 6) is -1.38. The molecule has 0 aliphatic heterocycles. The summed E-state index contributed by atoms with van der Waals surface area (Å²) in [7, 11) is 0. The number of para-hydroxylation sites is 2. The minimum Gasteiger partial charge on any atom is -0.456 e. The van der Waals surface area contributed by atoms with E-state index in [1.807, 2.05) is 13.8 Å². The first-order valence-electron chi connectivity index (χ1n) is 8.04. The molecule has 7 nitrogen and oxygen atoms in total. The number of carbonyl (C=O) groups is 2. The molecule has 1 atom stereocenters. The molecule has 0 aliphatic carbocycles. The van der Waals surface area contributed by atoms with Crippen LogP contribution in [0.4, 0.5) is 0 Å². The predicted molar refractivity (Wildman–Crippen MR) is 88.6 cm³/mol. The first-order valence-corrected chi connectivity index (χ1v) is 8.04. The number of nitrogens with zero attached hydrogens (tertiary/aromatic N) is 1. The number of aromatic nitrogens is 1. The molecule has 1 heterocycles. The molecule has 0 bridgehead atoms. The number of hydrogen-bond donors (Lipinski definition) is 1. The van der Waals surface area contributed by atoms with Gasteiger partial charge in [-0.3, -0.25) is 14.2 Å². The number of carbonyl (C=O) groups excluding carboxylic acids is 2. The van der Waals surface area contributed by atoms with Crippen LogP contribution in [0.3, 0.4) is 0 Å². The number of nitrogens with one attached hydrogen (secondary N) is 1. The summed E-state index contributed by atoms with van der Waals surface area (Å²) in [6.45, 7) is 3.76. The molecular formula is C17H22N2O5. The number of rotatable bonds is 8. The van der Waals surface area contributed by atoms with Gasteiger partial charge in [0, 0.05) is 12.6 Å². The lowest BCUT2D eigenvalue weighted by Crippen LogP contribution is -2.35. The van der Waals surface area contributed by atoms with Gasteiger partial charge in [0.05, 0.1) is 11.9 Å². The molecule has 0 saturated carbocycles. The topological polar surface area (TPSA) is 90.5 Å². The Kier molecular flexibility index (Phi) is 6.17. The zero-order valence-electron chi connectivity index (χ0n) is 13.9. The highest BCUT2D eigenvalue weighted by molar-refractivity contribution is 5.80. The van der Waals surface area contributed by atoms with Gasteiger partial charge < -0.3 is 14.5 Å². The van der Waals surface area contributed by atoms with Crippen molar-refractivity contribution < 1.29 is 18.7 Å². The molecule has 1 aromatic heterocycles. The van der Waals surface area contributed by atoms with Crippen LogP contribution in [0.25, 0.3) is 11.1 Å². The van der Waals surface area contributed by atoms with Gasteiger partial charge in [0.1, 0.15) is 0 Å². The Balaban J connectivity index is 1.82. The van der Waals surface area contributed by atoms with Crippen LogP contribution < -0.4 is 11.1 Å². The van der Waals surface area contributed by atoms with Crippen molar-refractivity contribution >= 4 is 23.0 Å². The number of aryl methyl sites for hydroxylation is 1. The fourth-order valence-electron chi connectivity index (χ4n) is 2.47. The fraction of sp³-hybridized carbons (Fsp3) is 0.471. The van der Waals surface area contributed by atoms with Gasteiger partial charge in [0.25, 0.3) is 5.91 Å². The number of amides is 1. The highest BCUT2D eigenvalue weighted by Crippen LogP contribution is 2.12. The maximum absolute atomic E-state index is 11.8. The molecule has 7 heteroatoms. The van der Waals surface area contributed by atoms with E-state index in [0.29, 0.717) is 11.1 Å². The Hall–Kier alpha value is -2.57. The standard InChI is InChI=1S/C17H22N2O5/c1-3-6-12(2)18-15(20)11-23-16(21)9-10-19-13-7-4-5-8-14(13)24-17(19)22/h4-5,7-8,12H,3,6,9-11H2,1-2H3,(H,18,20)/t12-/m0/s1. The smallest absolute Gasteiger partial charge is 0.419 e. The average molecular weight is 334 g/mol. The van der Waals surface area contributed by atoms with Crippen LogP contribution in [0, 0.1) is 0 Å². The van der Waals surface area contributed by atoms with Crippen LogP contribution >= 0.6 is 0 Å². The third-order valence-electron chi connectivity index (χ3n) is 3.61. The normalized spacial score (nSPS) is 12.1. The van der Waals surface area contributed by atoms with E-state index >= 15 is 0 Å². The van der Waals surface area contributed by atoms with Crippen molar-refractivity contribution in [3.8, 4) is 0 Å². The Morgan fingerprint density at radius 1 is 1.33 bits per heavy atom. The van der Waals surface area contributed by atoms with Crippen molar-refractivity contribution in [2.75, 3.05) is 6.61 Å². The highest BCUT2D eigenvalue weighted by atomic mass is 16.5. The van der Waals surface area contributed by atoms with Crippen LogP contribution in [0.2, 0.25) is 0 Å². The Labute approximate surface area is 139 Å². The summed E-state index contributed by atoms with van der Waals surface area (Å²) in [5.41, 5.74) is 1.10. The van der Waals surface area contributed by atoms with E-state index in [4.69, 9.17) is 9.15 Å². The van der Waals surface area contributed by atoms with Gasteiger partial charge in [0.15, 0.2) is 12.2 Å². The number of benzene rings is 1. The molecule has 130 valence electrons. The van der Waals surface area contributed by atoms with Crippen LogP contribution in [-0.4, -0.2) is 29.1 Å². The second-order valence-corrected chi connectivity index (χ2v) is 5.66. The van der Waals surface area contributed by atoms with Gasteiger partial charge in [-0.25, -0.2) is 4.79 Å². The third kappa shape index (κ3) is 4.71. The van der Waals surface area contributed by atoms with E-state index in [-0.39, 0.29) is 31.5 Å². The summed E-state index contributed by atoms with van der Waals surface area (Å²) in [4.78, 5) is 35.2.